The fourth-order valence-electron chi connectivity index (χ4n) is 1.38. The van der Waals surface area contributed by atoms with Crippen molar-refractivity contribution in [1.82, 2.24) is 9.97 Å². The molecule has 2 aromatic rings. The normalized spacial score (nSPS) is 11.1. The first-order chi connectivity index (χ1) is 6.66. The molecule has 0 spiro atoms. The number of hydrogen-bond acceptors (Lipinski definition) is 2. The van der Waals surface area contributed by atoms with Gasteiger partial charge in [0.1, 0.15) is 0 Å². The molecule has 0 bridgehead atoms. The third kappa shape index (κ3) is 1.58. The molecule has 0 unspecified atom stereocenters. The molecule has 1 aromatic heterocycles. The molecule has 0 aliphatic rings. The maximum atomic E-state index is 12.7. The van der Waals surface area contributed by atoms with Gasteiger partial charge in [-0.2, -0.15) is 4.39 Å². The molecular formula is C11H11FN2. The minimum absolute atomic E-state index is 0.428. The fraction of sp³-hybridized carbons (Fsp3) is 0.273. The second-order valence-corrected chi connectivity index (χ2v) is 3.61. The van der Waals surface area contributed by atoms with Crippen molar-refractivity contribution < 1.29 is 4.39 Å². The van der Waals surface area contributed by atoms with Crippen LogP contribution >= 0.6 is 0 Å². The molecule has 14 heavy (non-hydrogen) atoms. The van der Waals surface area contributed by atoms with Crippen LogP contribution in [0.1, 0.15) is 25.3 Å². The van der Waals surface area contributed by atoms with E-state index in [2.05, 4.69) is 23.8 Å². The quantitative estimate of drug-likeness (QED) is 0.646. The Labute approximate surface area is 81.8 Å². The maximum absolute atomic E-state index is 12.7. The summed E-state index contributed by atoms with van der Waals surface area (Å²) in [6.07, 6.45) is 0.834. The smallest absolute Gasteiger partial charge is 0.210 e. The van der Waals surface area contributed by atoms with Gasteiger partial charge >= 0.3 is 6.08 Å². The summed E-state index contributed by atoms with van der Waals surface area (Å²) in [5, 5.41) is 0.871. The summed E-state index contributed by atoms with van der Waals surface area (Å²) in [4.78, 5) is 7.24. The van der Waals surface area contributed by atoms with Crippen LogP contribution in [0.5, 0.6) is 0 Å². The summed E-state index contributed by atoms with van der Waals surface area (Å²) in [5.74, 6) is 0.428. The van der Waals surface area contributed by atoms with E-state index < -0.39 is 6.08 Å². The average Bonchev–Trinajstić information content (AvgIpc) is 2.16. The van der Waals surface area contributed by atoms with Crippen LogP contribution in [0.15, 0.2) is 24.4 Å². The van der Waals surface area contributed by atoms with Crippen molar-refractivity contribution in [1.29, 1.82) is 0 Å². The zero-order valence-electron chi connectivity index (χ0n) is 8.16. The summed E-state index contributed by atoms with van der Waals surface area (Å²) < 4.78 is 12.7. The van der Waals surface area contributed by atoms with Gasteiger partial charge in [-0.05, 0) is 17.5 Å². The molecule has 1 aromatic carbocycles. The van der Waals surface area contributed by atoms with Crippen LogP contribution in [0.4, 0.5) is 4.39 Å². The Morgan fingerprint density at radius 1 is 1.29 bits per heavy atom. The van der Waals surface area contributed by atoms with Gasteiger partial charge in [-0.1, -0.05) is 26.0 Å². The lowest BCUT2D eigenvalue weighted by molar-refractivity contribution is 0.544. The highest BCUT2D eigenvalue weighted by molar-refractivity contribution is 5.78. The Balaban J connectivity index is 2.63. The topological polar surface area (TPSA) is 25.8 Å². The van der Waals surface area contributed by atoms with Crippen molar-refractivity contribution in [2.45, 2.75) is 19.8 Å². The van der Waals surface area contributed by atoms with Crippen LogP contribution in [-0.4, -0.2) is 9.97 Å². The van der Waals surface area contributed by atoms with E-state index in [1.54, 1.807) is 0 Å². The minimum Gasteiger partial charge on any atom is -0.210 e. The van der Waals surface area contributed by atoms with E-state index in [9.17, 15) is 4.39 Å². The molecule has 0 fully saturated rings. The molecule has 0 atom stereocenters. The molecule has 72 valence electrons. The number of benzene rings is 1. The molecule has 0 aliphatic carbocycles. The lowest BCUT2D eigenvalue weighted by Crippen LogP contribution is -1.92. The molecule has 0 amide bonds. The Kier molecular flexibility index (Phi) is 2.15. The molecule has 0 saturated heterocycles. The van der Waals surface area contributed by atoms with Crippen molar-refractivity contribution in [3.05, 3.63) is 36.0 Å². The second kappa shape index (κ2) is 3.33. The van der Waals surface area contributed by atoms with Crippen LogP contribution in [0, 0.1) is 6.08 Å². The van der Waals surface area contributed by atoms with Crippen molar-refractivity contribution in [2.75, 3.05) is 0 Å². The minimum atomic E-state index is -0.668. The first-order valence-electron chi connectivity index (χ1n) is 4.59. The van der Waals surface area contributed by atoms with Crippen molar-refractivity contribution in [2.24, 2.45) is 0 Å². The van der Waals surface area contributed by atoms with Crippen LogP contribution in [0.3, 0.4) is 0 Å². The highest BCUT2D eigenvalue weighted by atomic mass is 19.1. The van der Waals surface area contributed by atoms with E-state index >= 15 is 0 Å². The van der Waals surface area contributed by atoms with E-state index in [1.807, 2.05) is 18.2 Å². The van der Waals surface area contributed by atoms with E-state index in [-0.39, 0.29) is 0 Å². The first kappa shape index (κ1) is 9.06. The lowest BCUT2D eigenvalue weighted by Gasteiger charge is -2.05. The Hall–Kier alpha value is -1.51. The van der Waals surface area contributed by atoms with Crippen molar-refractivity contribution in [3.8, 4) is 0 Å². The third-order valence-corrected chi connectivity index (χ3v) is 2.24. The zero-order chi connectivity index (χ0) is 10.1. The molecule has 0 aliphatic heterocycles. The van der Waals surface area contributed by atoms with Crippen LogP contribution < -0.4 is 0 Å². The first-order valence-corrected chi connectivity index (χ1v) is 4.59. The highest BCUT2D eigenvalue weighted by Gasteiger charge is 2.02. The van der Waals surface area contributed by atoms with Crippen LogP contribution in [0.2, 0.25) is 0 Å². The summed E-state index contributed by atoms with van der Waals surface area (Å²) in [6, 6.07) is 5.85. The molecule has 2 nitrogen and oxygen atoms in total. The van der Waals surface area contributed by atoms with Gasteiger partial charge in [0.25, 0.3) is 0 Å². The van der Waals surface area contributed by atoms with Gasteiger partial charge in [0.15, 0.2) is 0 Å². The van der Waals surface area contributed by atoms with E-state index in [4.69, 9.17) is 0 Å². The zero-order valence-corrected chi connectivity index (χ0v) is 8.16. The van der Waals surface area contributed by atoms with Crippen molar-refractivity contribution >= 4 is 10.9 Å². The van der Waals surface area contributed by atoms with Gasteiger partial charge < -0.3 is 0 Å². The van der Waals surface area contributed by atoms with Gasteiger partial charge in [-0.15, -0.1) is 0 Å². The van der Waals surface area contributed by atoms with E-state index in [0.29, 0.717) is 11.4 Å². The summed E-state index contributed by atoms with van der Waals surface area (Å²) in [5.41, 5.74) is 1.83. The number of halogens is 1. The molecule has 3 heteroatoms. The monoisotopic (exact) mass is 190 g/mol. The maximum Gasteiger partial charge on any atom is 0.309 e. The summed E-state index contributed by atoms with van der Waals surface area (Å²) in [6.45, 7) is 4.19. The van der Waals surface area contributed by atoms with Crippen LogP contribution in [0.25, 0.3) is 10.9 Å². The van der Waals surface area contributed by atoms with E-state index in [0.717, 1.165) is 10.9 Å². The van der Waals surface area contributed by atoms with Gasteiger partial charge in [0.2, 0.25) is 0 Å². The Morgan fingerprint density at radius 2 is 2.07 bits per heavy atom. The van der Waals surface area contributed by atoms with E-state index in [1.165, 1.54) is 6.20 Å². The number of fused-ring (bicyclic) bond motifs is 1. The predicted molar refractivity (Wildman–Crippen MR) is 53.6 cm³/mol. The highest BCUT2D eigenvalue weighted by Crippen LogP contribution is 2.19. The largest absolute Gasteiger partial charge is 0.309 e. The fourth-order valence-corrected chi connectivity index (χ4v) is 1.38. The van der Waals surface area contributed by atoms with Gasteiger partial charge in [-0.25, -0.2) is 9.97 Å². The summed E-state index contributed by atoms with van der Waals surface area (Å²) in [7, 11) is 0. The summed E-state index contributed by atoms with van der Waals surface area (Å²) >= 11 is 0. The lowest BCUT2D eigenvalue weighted by atomic mass is 10.0. The van der Waals surface area contributed by atoms with Gasteiger partial charge in [0, 0.05) is 11.6 Å². The number of nitrogens with zero attached hydrogens (tertiary/aromatic N) is 2. The Bertz CT molecular complexity index is 466. The molecule has 0 N–H and O–H groups in total. The van der Waals surface area contributed by atoms with Crippen molar-refractivity contribution in [3.63, 3.8) is 0 Å². The number of aromatic nitrogens is 2. The van der Waals surface area contributed by atoms with Gasteiger partial charge in [0.05, 0.1) is 5.52 Å². The SMILES string of the molecule is CC(C)c1ccc2cnc(F)nc2c1. The number of rotatable bonds is 1. The van der Waals surface area contributed by atoms with Gasteiger partial charge in [-0.3, -0.25) is 0 Å². The Morgan fingerprint density at radius 3 is 2.79 bits per heavy atom. The number of hydrogen-bond donors (Lipinski definition) is 0. The molecule has 2 rings (SSSR count). The average molecular weight is 190 g/mol. The molecule has 0 radical (unpaired) electrons. The second-order valence-electron chi connectivity index (χ2n) is 3.61. The standard InChI is InChI=1S/C11H11FN2/c1-7(2)8-3-4-9-6-13-11(12)14-10(9)5-8/h3-7H,1-2H3. The van der Waals surface area contributed by atoms with Crippen LogP contribution in [-0.2, 0) is 0 Å². The molecule has 1 heterocycles. The molecule has 0 saturated carbocycles. The predicted octanol–water partition coefficient (Wildman–Crippen LogP) is 2.89. The third-order valence-electron chi connectivity index (χ3n) is 2.24. The molecular weight excluding hydrogens is 179 g/mol.